The molecule has 3 rings (SSSR count). The van der Waals surface area contributed by atoms with E-state index in [2.05, 4.69) is 49.5 Å². The third kappa shape index (κ3) is 4.24. The molecule has 1 aromatic heterocycles. The number of carbonyl (C=O) groups is 1. The summed E-state index contributed by atoms with van der Waals surface area (Å²) in [5.74, 6) is 3.94. The summed E-state index contributed by atoms with van der Waals surface area (Å²) in [6.45, 7) is -0.431. The number of pyridine rings is 1. The van der Waals surface area contributed by atoms with Gasteiger partial charge in [0.05, 0.1) is 11.2 Å². The maximum atomic E-state index is 11.9. The Morgan fingerprint density at radius 2 is 2.04 bits per heavy atom. The van der Waals surface area contributed by atoms with E-state index in [4.69, 9.17) is 5.11 Å². The summed E-state index contributed by atoms with van der Waals surface area (Å²) in [5, 5.41) is 24.9. The fourth-order valence-electron chi connectivity index (χ4n) is 2.51. The number of nitrogens with zero attached hydrogens (tertiary/aromatic N) is 2. The van der Waals surface area contributed by atoms with Gasteiger partial charge >= 0.3 is 5.91 Å². The first-order chi connectivity index (χ1) is 13.1. The summed E-state index contributed by atoms with van der Waals surface area (Å²) in [4.78, 5) is 16.3. The Morgan fingerprint density at radius 1 is 1.22 bits per heavy atom. The minimum Gasteiger partial charge on any atom is -0.384 e. The van der Waals surface area contributed by atoms with Crippen molar-refractivity contribution in [2.75, 3.05) is 17.2 Å². The van der Waals surface area contributed by atoms with Gasteiger partial charge in [-0.15, -0.1) is 0 Å². The molecule has 3 aromatic rings. The Balaban J connectivity index is 2.15. The molecule has 0 aliphatic heterocycles. The molecular formula is C20H13BrN4O2. The minimum atomic E-state index is -0.656. The summed E-state index contributed by atoms with van der Waals surface area (Å²) in [6, 6.07) is 16.9. The molecule has 1 amide bonds. The standard InChI is InChI=1S/C20H13BrN4O2/c21-13-5-3-6-14(11-13)23-19-15-7-1-2-8-17(15)24-20(16(19)12-22)25-18(27)9-4-10-26/h1-3,5-8,11,26H,10H2,(H2,23,24,25,27). The fraction of sp³-hybridized carbons (Fsp3) is 0.0500. The molecule has 0 aliphatic carbocycles. The molecule has 0 atom stereocenters. The van der Waals surface area contributed by atoms with Crippen LogP contribution < -0.4 is 10.6 Å². The maximum absolute atomic E-state index is 11.9. The van der Waals surface area contributed by atoms with Crippen LogP contribution in [0.25, 0.3) is 10.9 Å². The lowest BCUT2D eigenvalue weighted by atomic mass is 10.1. The molecule has 0 spiro atoms. The van der Waals surface area contributed by atoms with E-state index in [-0.39, 0.29) is 11.4 Å². The van der Waals surface area contributed by atoms with Crippen LogP contribution in [0.4, 0.5) is 17.2 Å². The Labute approximate surface area is 164 Å². The number of hydrogen-bond donors (Lipinski definition) is 3. The zero-order valence-electron chi connectivity index (χ0n) is 14.0. The number of carbonyl (C=O) groups excluding carboxylic acids is 1. The molecule has 27 heavy (non-hydrogen) atoms. The summed E-state index contributed by atoms with van der Waals surface area (Å²) in [7, 11) is 0. The van der Waals surface area contributed by atoms with Crippen LogP contribution in [-0.2, 0) is 4.79 Å². The summed E-state index contributed by atoms with van der Waals surface area (Å²) in [5.41, 5.74) is 2.11. The van der Waals surface area contributed by atoms with Gasteiger partial charge in [-0.05, 0) is 30.2 Å². The predicted octanol–water partition coefficient (Wildman–Crippen LogP) is 3.55. The lowest BCUT2D eigenvalue weighted by molar-refractivity contribution is -0.111. The monoisotopic (exact) mass is 420 g/mol. The molecule has 3 N–H and O–H groups in total. The summed E-state index contributed by atoms with van der Waals surface area (Å²) >= 11 is 3.42. The van der Waals surface area contributed by atoms with Gasteiger partial charge in [-0.1, -0.05) is 46.1 Å². The maximum Gasteiger partial charge on any atom is 0.301 e. The molecule has 0 unspecified atom stereocenters. The number of fused-ring (bicyclic) bond motifs is 1. The van der Waals surface area contributed by atoms with Crippen LogP contribution in [0.5, 0.6) is 0 Å². The van der Waals surface area contributed by atoms with Crippen molar-refractivity contribution < 1.29 is 9.90 Å². The molecular weight excluding hydrogens is 408 g/mol. The Bertz CT molecular complexity index is 1130. The number of nitriles is 1. The topological polar surface area (TPSA) is 98.0 Å². The largest absolute Gasteiger partial charge is 0.384 e. The number of aliphatic hydroxyl groups is 1. The molecule has 7 heteroatoms. The number of para-hydroxylation sites is 1. The Morgan fingerprint density at radius 3 is 2.78 bits per heavy atom. The van der Waals surface area contributed by atoms with Gasteiger partial charge in [-0.3, -0.25) is 10.1 Å². The molecule has 0 fully saturated rings. The van der Waals surface area contributed by atoms with Crippen molar-refractivity contribution in [2.24, 2.45) is 0 Å². The highest BCUT2D eigenvalue weighted by Crippen LogP contribution is 2.33. The van der Waals surface area contributed by atoms with E-state index >= 15 is 0 Å². The number of rotatable bonds is 3. The number of nitrogens with one attached hydrogen (secondary N) is 2. The molecule has 0 aliphatic rings. The molecule has 0 radical (unpaired) electrons. The van der Waals surface area contributed by atoms with Crippen LogP contribution in [0.2, 0.25) is 0 Å². The first-order valence-corrected chi connectivity index (χ1v) is 8.68. The number of benzene rings is 2. The van der Waals surface area contributed by atoms with E-state index in [0.717, 1.165) is 15.5 Å². The highest BCUT2D eigenvalue weighted by Gasteiger charge is 2.16. The third-order valence-electron chi connectivity index (χ3n) is 3.61. The highest BCUT2D eigenvalue weighted by atomic mass is 79.9. The Hall–Kier alpha value is -3.39. The second-order valence-corrected chi connectivity index (χ2v) is 6.30. The van der Waals surface area contributed by atoms with Crippen LogP contribution >= 0.6 is 15.9 Å². The number of anilines is 3. The SMILES string of the molecule is N#Cc1c(NC(=O)C#CCO)nc2ccccc2c1Nc1cccc(Br)c1. The average molecular weight is 421 g/mol. The van der Waals surface area contributed by atoms with Gasteiger partial charge in [0, 0.05) is 15.5 Å². The first-order valence-electron chi connectivity index (χ1n) is 7.88. The summed E-state index contributed by atoms with van der Waals surface area (Å²) in [6.07, 6.45) is 0. The van der Waals surface area contributed by atoms with E-state index in [1.54, 1.807) is 6.07 Å². The molecule has 0 saturated carbocycles. The molecule has 6 nitrogen and oxygen atoms in total. The van der Waals surface area contributed by atoms with E-state index in [1.807, 2.05) is 42.5 Å². The van der Waals surface area contributed by atoms with Gasteiger partial charge in [-0.2, -0.15) is 5.26 Å². The fourth-order valence-corrected chi connectivity index (χ4v) is 2.91. The van der Waals surface area contributed by atoms with Crippen molar-refractivity contribution in [2.45, 2.75) is 0 Å². The number of aliphatic hydroxyl groups excluding tert-OH is 1. The molecule has 132 valence electrons. The lowest BCUT2D eigenvalue weighted by Crippen LogP contribution is -2.13. The quantitative estimate of drug-likeness (QED) is 0.562. The van der Waals surface area contributed by atoms with Crippen LogP contribution in [0.15, 0.2) is 53.0 Å². The second kappa shape index (κ2) is 8.33. The van der Waals surface area contributed by atoms with Crippen LogP contribution in [0.1, 0.15) is 5.56 Å². The number of aromatic nitrogens is 1. The van der Waals surface area contributed by atoms with Crippen molar-refractivity contribution in [3.05, 3.63) is 58.6 Å². The summed E-state index contributed by atoms with van der Waals surface area (Å²) < 4.78 is 0.886. The van der Waals surface area contributed by atoms with Crippen LogP contribution in [-0.4, -0.2) is 22.6 Å². The smallest absolute Gasteiger partial charge is 0.301 e. The van der Waals surface area contributed by atoms with E-state index in [0.29, 0.717) is 11.2 Å². The molecule has 0 saturated heterocycles. The second-order valence-electron chi connectivity index (χ2n) is 5.39. The van der Waals surface area contributed by atoms with Gasteiger partial charge in [0.1, 0.15) is 18.2 Å². The number of halogens is 1. The average Bonchev–Trinajstić information content (AvgIpc) is 2.66. The number of hydrogen-bond acceptors (Lipinski definition) is 5. The highest BCUT2D eigenvalue weighted by molar-refractivity contribution is 9.10. The van der Waals surface area contributed by atoms with Gasteiger partial charge in [0.15, 0.2) is 5.82 Å². The van der Waals surface area contributed by atoms with Gasteiger partial charge in [0.2, 0.25) is 0 Å². The van der Waals surface area contributed by atoms with Crippen molar-refractivity contribution in [1.82, 2.24) is 4.98 Å². The minimum absolute atomic E-state index is 0.103. The number of amides is 1. The first kappa shape index (κ1) is 18.4. The lowest BCUT2D eigenvalue weighted by Gasteiger charge is -2.15. The third-order valence-corrected chi connectivity index (χ3v) is 4.10. The van der Waals surface area contributed by atoms with Crippen molar-refractivity contribution in [3.8, 4) is 17.9 Å². The van der Waals surface area contributed by atoms with Crippen molar-refractivity contribution in [1.29, 1.82) is 5.26 Å². The molecule has 1 heterocycles. The van der Waals surface area contributed by atoms with E-state index < -0.39 is 12.5 Å². The van der Waals surface area contributed by atoms with Gasteiger partial charge in [0.25, 0.3) is 0 Å². The Kier molecular flexibility index (Phi) is 5.68. The van der Waals surface area contributed by atoms with Crippen molar-refractivity contribution in [3.63, 3.8) is 0 Å². The van der Waals surface area contributed by atoms with Crippen LogP contribution in [0.3, 0.4) is 0 Å². The van der Waals surface area contributed by atoms with Gasteiger partial charge < -0.3 is 10.4 Å². The molecule has 0 bridgehead atoms. The zero-order valence-corrected chi connectivity index (χ0v) is 15.5. The van der Waals surface area contributed by atoms with Gasteiger partial charge in [-0.25, -0.2) is 4.98 Å². The zero-order chi connectivity index (χ0) is 19.2. The normalized spacial score (nSPS) is 9.81. The van der Waals surface area contributed by atoms with E-state index in [9.17, 15) is 10.1 Å². The predicted molar refractivity (Wildman–Crippen MR) is 107 cm³/mol. The van der Waals surface area contributed by atoms with Crippen molar-refractivity contribution >= 4 is 49.9 Å². The molecule has 2 aromatic carbocycles. The van der Waals surface area contributed by atoms with Crippen LogP contribution in [0, 0.1) is 23.2 Å². The van der Waals surface area contributed by atoms with E-state index in [1.165, 1.54) is 0 Å².